The lowest BCUT2D eigenvalue weighted by atomic mass is 9.74. The van der Waals surface area contributed by atoms with Crippen molar-refractivity contribution in [2.45, 2.75) is 43.6 Å². The van der Waals surface area contributed by atoms with E-state index in [2.05, 4.69) is 46.6 Å². The monoisotopic (exact) mass is 424 g/mol. The summed E-state index contributed by atoms with van der Waals surface area (Å²) in [7, 11) is 0. The molecule has 1 N–H and O–H groups in total. The zero-order valence-electron chi connectivity index (χ0n) is 17.5. The Bertz CT molecular complexity index is 954. The van der Waals surface area contributed by atoms with Crippen molar-refractivity contribution in [2.75, 3.05) is 32.8 Å². The maximum absolute atomic E-state index is 12.0. The molecule has 4 nitrogen and oxygen atoms in total. The number of ether oxygens (including phenoxy) is 1. The normalized spacial score (nSPS) is 25.2. The number of likely N-dealkylation sites (tertiary alicyclic amines) is 1. The molecule has 1 aliphatic heterocycles. The number of piperidine rings is 1. The summed E-state index contributed by atoms with van der Waals surface area (Å²) in [6.07, 6.45) is 3.12. The number of hydrogen-bond acceptors (Lipinski definition) is 3. The molecule has 30 heavy (non-hydrogen) atoms. The van der Waals surface area contributed by atoms with Crippen molar-refractivity contribution in [3.63, 3.8) is 0 Å². The zero-order valence-corrected chi connectivity index (χ0v) is 18.3. The standard InChI is InChI=1S/C25H29ClN2O2/c1-2-30-15-24(29)27-18-9-11-28(12-10-18)16-25-14-21(19-5-3-4-6-22(19)25)20-8-7-17(26)13-23(20)25/h3-8,13,18,21H,2,9-12,14-16H2,1H3,(H,27,29)/t21-,25+/m1/s1. The second-order valence-corrected chi connectivity index (χ2v) is 9.35. The minimum absolute atomic E-state index is 0.000757. The van der Waals surface area contributed by atoms with Gasteiger partial charge in [-0.1, -0.05) is 41.9 Å². The van der Waals surface area contributed by atoms with Gasteiger partial charge in [0.05, 0.1) is 0 Å². The number of hydrogen-bond donors (Lipinski definition) is 1. The molecule has 5 heteroatoms. The first-order chi connectivity index (χ1) is 14.6. The Morgan fingerprint density at radius 1 is 1.17 bits per heavy atom. The Kier molecular flexibility index (Phi) is 5.34. The summed E-state index contributed by atoms with van der Waals surface area (Å²) in [5.74, 6) is 0.490. The average molecular weight is 425 g/mol. The van der Waals surface area contributed by atoms with Crippen LogP contribution in [0.1, 0.15) is 54.4 Å². The van der Waals surface area contributed by atoms with E-state index in [1.807, 2.05) is 13.0 Å². The van der Waals surface area contributed by atoms with E-state index in [0.717, 1.165) is 43.9 Å². The quantitative estimate of drug-likeness (QED) is 0.759. The third-order valence-electron chi connectivity index (χ3n) is 7.19. The highest BCUT2D eigenvalue weighted by atomic mass is 35.5. The van der Waals surface area contributed by atoms with E-state index in [0.29, 0.717) is 12.5 Å². The number of amides is 1. The van der Waals surface area contributed by atoms with Gasteiger partial charge in [0.25, 0.3) is 0 Å². The van der Waals surface area contributed by atoms with Gasteiger partial charge in [-0.2, -0.15) is 0 Å². The molecule has 158 valence electrons. The molecule has 2 bridgehead atoms. The predicted octanol–water partition coefficient (Wildman–Crippen LogP) is 4.09. The first kappa shape index (κ1) is 20.0. The van der Waals surface area contributed by atoms with Crippen molar-refractivity contribution < 1.29 is 9.53 Å². The number of nitrogens with zero attached hydrogens (tertiary/aromatic N) is 1. The van der Waals surface area contributed by atoms with E-state index in [4.69, 9.17) is 16.3 Å². The first-order valence-electron chi connectivity index (χ1n) is 11.1. The summed E-state index contributed by atoms with van der Waals surface area (Å²) >= 11 is 6.43. The molecular weight excluding hydrogens is 396 g/mol. The molecule has 2 aliphatic carbocycles. The fourth-order valence-electron chi connectivity index (χ4n) is 5.90. The van der Waals surface area contributed by atoms with Gasteiger partial charge in [-0.25, -0.2) is 0 Å². The highest BCUT2D eigenvalue weighted by molar-refractivity contribution is 6.30. The highest BCUT2D eigenvalue weighted by Crippen LogP contribution is 2.60. The molecule has 5 rings (SSSR count). The lowest BCUT2D eigenvalue weighted by Crippen LogP contribution is -2.49. The van der Waals surface area contributed by atoms with Gasteiger partial charge in [0, 0.05) is 48.6 Å². The van der Waals surface area contributed by atoms with Crippen LogP contribution in [0.2, 0.25) is 5.02 Å². The Morgan fingerprint density at radius 3 is 2.73 bits per heavy atom. The van der Waals surface area contributed by atoms with Crippen LogP contribution in [-0.4, -0.2) is 49.7 Å². The van der Waals surface area contributed by atoms with Crippen LogP contribution < -0.4 is 5.32 Å². The summed E-state index contributed by atoms with van der Waals surface area (Å²) in [6, 6.07) is 15.7. The molecule has 0 unspecified atom stereocenters. The van der Waals surface area contributed by atoms with Gasteiger partial charge in [-0.05, 0) is 60.6 Å². The topological polar surface area (TPSA) is 41.6 Å². The molecule has 2 aromatic carbocycles. The maximum atomic E-state index is 12.0. The molecule has 1 heterocycles. The van der Waals surface area contributed by atoms with E-state index in [-0.39, 0.29) is 24.0 Å². The lowest BCUT2D eigenvalue weighted by molar-refractivity contribution is -0.126. The van der Waals surface area contributed by atoms with Gasteiger partial charge in [0.2, 0.25) is 5.91 Å². The van der Waals surface area contributed by atoms with Crippen LogP contribution in [0, 0.1) is 0 Å². The third-order valence-corrected chi connectivity index (χ3v) is 7.43. The van der Waals surface area contributed by atoms with E-state index < -0.39 is 0 Å². The zero-order chi connectivity index (χ0) is 20.7. The van der Waals surface area contributed by atoms with Gasteiger partial charge in [-0.3, -0.25) is 4.79 Å². The predicted molar refractivity (Wildman–Crippen MR) is 119 cm³/mol. The molecule has 2 atom stereocenters. The summed E-state index contributed by atoms with van der Waals surface area (Å²) in [6.45, 7) is 5.67. The Morgan fingerprint density at radius 2 is 1.93 bits per heavy atom. The molecule has 0 radical (unpaired) electrons. The van der Waals surface area contributed by atoms with E-state index in [1.54, 1.807) is 0 Å². The fraction of sp³-hybridized carbons (Fsp3) is 0.480. The highest BCUT2D eigenvalue weighted by Gasteiger charge is 2.53. The van der Waals surface area contributed by atoms with Crippen LogP contribution in [0.5, 0.6) is 0 Å². The van der Waals surface area contributed by atoms with Gasteiger partial charge >= 0.3 is 0 Å². The number of carbonyl (C=O) groups excluding carboxylic acids is 1. The summed E-state index contributed by atoms with van der Waals surface area (Å²) in [5, 5.41) is 3.96. The Hall–Kier alpha value is -1.88. The van der Waals surface area contributed by atoms with Crippen molar-refractivity contribution in [1.82, 2.24) is 10.2 Å². The molecule has 0 spiro atoms. The van der Waals surface area contributed by atoms with Crippen molar-refractivity contribution in [2.24, 2.45) is 0 Å². The van der Waals surface area contributed by atoms with E-state index in [9.17, 15) is 4.79 Å². The number of benzene rings is 2. The van der Waals surface area contributed by atoms with Crippen molar-refractivity contribution in [1.29, 1.82) is 0 Å². The van der Waals surface area contributed by atoms with Crippen LogP contribution in [0.3, 0.4) is 0 Å². The van der Waals surface area contributed by atoms with Crippen LogP contribution in [-0.2, 0) is 14.9 Å². The number of halogens is 1. The summed E-state index contributed by atoms with van der Waals surface area (Å²) < 4.78 is 5.22. The van der Waals surface area contributed by atoms with Crippen molar-refractivity contribution >= 4 is 17.5 Å². The number of carbonyl (C=O) groups is 1. The number of fused-ring (bicyclic) bond motifs is 8. The number of nitrogens with one attached hydrogen (secondary N) is 1. The minimum Gasteiger partial charge on any atom is -0.372 e. The van der Waals surface area contributed by atoms with Gasteiger partial charge in [0.15, 0.2) is 0 Å². The number of rotatable bonds is 6. The SMILES string of the molecule is CCOCC(=O)NC1CCN(C[C@@]23C[C@H](c4ccccc42)c2ccc(Cl)cc23)CC1. The Labute approximate surface area is 183 Å². The minimum atomic E-state index is 0.000757. The lowest BCUT2D eigenvalue weighted by Gasteiger charge is -2.40. The molecule has 3 aliphatic rings. The second-order valence-electron chi connectivity index (χ2n) is 8.91. The van der Waals surface area contributed by atoms with E-state index in [1.165, 1.54) is 22.3 Å². The molecule has 1 saturated heterocycles. The van der Waals surface area contributed by atoms with Crippen molar-refractivity contribution in [3.8, 4) is 0 Å². The average Bonchev–Trinajstić information content (AvgIpc) is 3.25. The molecule has 1 amide bonds. The molecule has 2 aromatic rings. The van der Waals surface area contributed by atoms with Crippen LogP contribution >= 0.6 is 11.6 Å². The maximum Gasteiger partial charge on any atom is 0.246 e. The van der Waals surface area contributed by atoms with E-state index >= 15 is 0 Å². The van der Waals surface area contributed by atoms with Crippen molar-refractivity contribution in [3.05, 3.63) is 69.7 Å². The molecule has 0 aromatic heterocycles. The van der Waals surface area contributed by atoms with Crippen LogP contribution in [0.4, 0.5) is 0 Å². The second kappa shape index (κ2) is 7.99. The third kappa shape index (κ3) is 3.35. The molecule has 1 fully saturated rings. The molecular formula is C25H29ClN2O2. The smallest absolute Gasteiger partial charge is 0.246 e. The van der Waals surface area contributed by atoms with Gasteiger partial charge in [0.1, 0.15) is 6.61 Å². The van der Waals surface area contributed by atoms with Gasteiger partial charge in [-0.15, -0.1) is 0 Å². The summed E-state index contributed by atoms with van der Waals surface area (Å²) in [4.78, 5) is 14.6. The first-order valence-corrected chi connectivity index (χ1v) is 11.5. The van der Waals surface area contributed by atoms with Gasteiger partial charge < -0.3 is 15.0 Å². The largest absolute Gasteiger partial charge is 0.372 e. The molecule has 0 saturated carbocycles. The van der Waals surface area contributed by atoms with Crippen LogP contribution in [0.15, 0.2) is 42.5 Å². The van der Waals surface area contributed by atoms with Crippen LogP contribution in [0.25, 0.3) is 0 Å². The summed E-state index contributed by atoms with van der Waals surface area (Å²) in [5.41, 5.74) is 5.89. The fourth-order valence-corrected chi connectivity index (χ4v) is 6.07. The Balaban J connectivity index is 1.33.